The largest absolute Gasteiger partial charge is 0.481 e. The summed E-state index contributed by atoms with van der Waals surface area (Å²) in [6, 6.07) is 0. The minimum atomic E-state index is -0.941. The molecule has 1 N–H and O–H groups in total. The van der Waals surface area contributed by atoms with Crippen molar-refractivity contribution in [3.8, 4) is 0 Å². The predicted molar refractivity (Wildman–Crippen MR) is 39.4 cm³/mol. The first-order chi connectivity index (χ1) is 5.65. The van der Waals surface area contributed by atoms with Gasteiger partial charge in [-0.15, -0.1) is 0 Å². The van der Waals surface area contributed by atoms with Crippen LogP contribution in [0.5, 0.6) is 0 Å². The number of nitrogens with zero attached hydrogens (tertiary/aromatic N) is 2. The maximum absolute atomic E-state index is 12.1. The van der Waals surface area contributed by atoms with E-state index in [1.807, 2.05) is 0 Å². The van der Waals surface area contributed by atoms with Gasteiger partial charge in [0.25, 0.3) is 0 Å². The Morgan fingerprint density at radius 2 is 2.50 bits per heavy atom. The number of rotatable bonds is 3. The van der Waals surface area contributed by atoms with E-state index in [-0.39, 0.29) is 12.2 Å². The molecular weight excluding hydrogens is 163 g/mol. The standard InChI is InChI=1S/C7H9FN2O2/c1-10-5(2-7(11)12)4-9-6(10)3-8/h4H,2-3H2,1H3,(H,11,12). The van der Waals surface area contributed by atoms with Crippen LogP contribution in [0.2, 0.25) is 0 Å². The molecule has 1 rings (SSSR count). The highest BCUT2D eigenvalue weighted by atomic mass is 19.1. The first kappa shape index (κ1) is 8.70. The third-order valence-electron chi connectivity index (χ3n) is 1.63. The maximum Gasteiger partial charge on any atom is 0.309 e. The molecule has 1 aromatic rings. The van der Waals surface area contributed by atoms with Gasteiger partial charge in [0, 0.05) is 18.9 Å². The second-order valence-electron chi connectivity index (χ2n) is 2.43. The molecule has 0 saturated carbocycles. The third-order valence-corrected chi connectivity index (χ3v) is 1.63. The van der Waals surface area contributed by atoms with Crippen LogP contribution in [0.25, 0.3) is 0 Å². The van der Waals surface area contributed by atoms with Crippen molar-refractivity contribution in [2.75, 3.05) is 0 Å². The average Bonchev–Trinajstić information content (AvgIpc) is 2.32. The fraction of sp³-hybridized carbons (Fsp3) is 0.429. The summed E-state index contributed by atoms with van der Waals surface area (Å²) in [6.07, 6.45) is 1.26. The van der Waals surface area contributed by atoms with E-state index in [2.05, 4.69) is 4.98 Å². The van der Waals surface area contributed by atoms with E-state index < -0.39 is 12.6 Å². The monoisotopic (exact) mass is 172 g/mol. The van der Waals surface area contributed by atoms with Crippen LogP contribution < -0.4 is 0 Å². The van der Waals surface area contributed by atoms with E-state index in [9.17, 15) is 9.18 Å². The van der Waals surface area contributed by atoms with Crippen molar-refractivity contribution >= 4 is 5.97 Å². The van der Waals surface area contributed by atoms with E-state index in [1.165, 1.54) is 10.8 Å². The van der Waals surface area contributed by atoms with E-state index in [1.54, 1.807) is 7.05 Å². The first-order valence-corrected chi connectivity index (χ1v) is 3.42. The Hall–Kier alpha value is -1.39. The number of carbonyl (C=O) groups is 1. The van der Waals surface area contributed by atoms with Crippen molar-refractivity contribution in [3.63, 3.8) is 0 Å². The van der Waals surface area contributed by atoms with E-state index in [4.69, 9.17) is 5.11 Å². The summed E-state index contributed by atoms with van der Waals surface area (Å²) in [5.74, 6) is -0.686. The summed E-state index contributed by atoms with van der Waals surface area (Å²) in [4.78, 5) is 14.0. The Morgan fingerprint density at radius 3 is 2.92 bits per heavy atom. The van der Waals surface area contributed by atoms with Gasteiger partial charge in [0.2, 0.25) is 0 Å². The molecule has 0 fully saturated rings. The van der Waals surface area contributed by atoms with Gasteiger partial charge >= 0.3 is 5.97 Å². The highest BCUT2D eigenvalue weighted by Crippen LogP contribution is 2.04. The molecule has 66 valence electrons. The highest BCUT2D eigenvalue weighted by molar-refractivity contribution is 5.69. The average molecular weight is 172 g/mol. The highest BCUT2D eigenvalue weighted by Gasteiger charge is 2.08. The summed E-state index contributed by atoms with van der Waals surface area (Å²) in [7, 11) is 1.60. The number of aliphatic carboxylic acids is 1. The van der Waals surface area contributed by atoms with Crippen molar-refractivity contribution in [3.05, 3.63) is 17.7 Å². The lowest BCUT2D eigenvalue weighted by Gasteiger charge is -1.99. The quantitative estimate of drug-likeness (QED) is 0.723. The molecule has 0 unspecified atom stereocenters. The van der Waals surface area contributed by atoms with Crippen LogP contribution in [-0.2, 0) is 24.9 Å². The van der Waals surface area contributed by atoms with Crippen molar-refractivity contribution in [2.24, 2.45) is 7.05 Å². The number of imidazole rings is 1. The molecule has 1 heterocycles. The van der Waals surface area contributed by atoms with Gasteiger partial charge in [-0.1, -0.05) is 0 Å². The van der Waals surface area contributed by atoms with Crippen molar-refractivity contribution in [1.82, 2.24) is 9.55 Å². The molecule has 0 aliphatic carbocycles. The van der Waals surface area contributed by atoms with E-state index in [0.29, 0.717) is 5.69 Å². The summed E-state index contributed by atoms with van der Waals surface area (Å²) in [6.45, 7) is -0.671. The first-order valence-electron chi connectivity index (χ1n) is 3.42. The summed E-state index contributed by atoms with van der Waals surface area (Å²) in [5, 5.41) is 8.44. The molecule has 0 aliphatic rings. The van der Waals surface area contributed by atoms with E-state index >= 15 is 0 Å². The van der Waals surface area contributed by atoms with Crippen LogP contribution in [0, 0.1) is 0 Å². The van der Waals surface area contributed by atoms with Gasteiger partial charge in [0.05, 0.1) is 6.42 Å². The molecule has 5 heteroatoms. The lowest BCUT2D eigenvalue weighted by Crippen LogP contribution is -2.06. The second kappa shape index (κ2) is 3.34. The molecular formula is C7H9FN2O2. The van der Waals surface area contributed by atoms with Crippen LogP contribution >= 0.6 is 0 Å². The van der Waals surface area contributed by atoms with Crippen molar-refractivity contribution in [1.29, 1.82) is 0 Å². The van der Waals surface area contributed by atoms with Gasteiger partial charge in [0.15, 0.2) is 0 Å². The van der Waals surface area contributed by atoms with Gasteiger partial charge < -0.3 is 9.67 Å². The van der Waals surface area contributed by atoms with Gasteiger partial charge in [-0.3, -0.25) is 4.79 Å². The van der Waals surface area contributed by atoms with Gasteiger partial charge in [-0.2, -0.15) is 0 Å². The van der Waals surface area contributed by atoms with Crippen molar-refractivity contribution in [2.45, 2.75) is 13.1 Å². The number of hydrogen-bond donors (Lipinski definition) is 1. The van der Waals surface area contributed by atoms with Crippen LogP contribution in [0.1, 0.15) is 11.5 Å². The number of carboxylic acids is 1. The van der Waals surface area contributed by atoms with Crippen LogP contribution in [0.4, 0.5) is 4.39 Å². The van der Waals surface area contributed by atoms with Crippen LogP contribution in [0.3, 0.4) is 0 Å². The zero-order valence-electron chi connectivity index (χ0n) is 6.62. The lowest BCUT2D eigenvalue weighted by atomic mass is 10.3. The zero-order chi connectivity index (χ0) is 9.14. The molecule has 1 aromatic heterocycles. The zero-order valence-corrected chi connectivity index (χ0v) is 6.62. The predicted octanol–water partition coefficient (Wildman–Crippen LogP) is 0.517. The number of carboxylic acid groups (broad SMARTS) is 1. The maximum atomic E-state index is 12.1. The minimum absolute atomic E-state index is 0.122. The topological polar surface area (TPSA) is 55.1 Å². The Balaban J connectivity index is 2.87. The summed E-state index contributed by atoms with van der Waals surface area (Å²) in [5.41, 5.74) is 0.509. The second-order valence-corrected chi connectivity index (χ2v) is 2.43. The normalized spacial score (nSPS) is 10.2. The smallest absolute Gasteiger partial charge is 0.309 e. The third kappa shape index (κ3) is 1.61. The van der Waals surface area contributed by atoms with E-state index in [0.717, 1.165) is 0 Å². The van der Waals surface area contributed by atoms with Crippen LogP contribution in [-0.4, -0.2) is 20.6 Å². The Morgan fingerprint density at radius 1 is 1.83 bits per heavy atom. The number of hydrogen-bond acceptors (Lipinski definition) is 2. The molecule has 0 amide bonds. The summed E-state index contributed by atoms with van der Waals surface area (Å²) >= 11 is 0. The van der Waals surface area contributed by atoms with Gasteiger partial charge in [0.1, 0.15) is 12.5 Å². The molecule has 0 aromatic carbocycles. The SMILES string of the molecule is Cn1c(CC(=O)O)cnc1CF. The number of aromatic nitrogens is 2. The molecule has 0 atom stereocenters. The van der Waals surface area contributed by atoms with Gasteiger partial charge in [-0.05, 0) is 0 Å². The molecule has 0 spiro atoms. The molecule has 0 saturated heterocycles. The molecule has 0 bridgehead atoms. The molecule has 0 radical (unpaired) electrons. The summed E-state index contributed by atoms with van der Waals surface area (Å²) < 4.78 is 13.6. The fourth-order valence-corrected chi connectivity index (χ4v) is 0.931. The Kier molecular flexibility index (Phi) is 2.42. The van der Waals surface area contributed by atoms with Gasteiger partial charge in [-0.25, -0.2) is 9.37 Å². The minimum Gasteiger partial charge on any atom is -0.481 e. The van der Waals surface area contributed by atoms with Crippen LogP contribution in [0.15, 0.2) is 6.20 Å². The molecule has 4 nitrogen and oxygen atoms in total. The Bertz CT molecular complexity index is 296. The number of alkyl halides is 1. The fourth-order valence-electron chi connectivity index (χ4n) is 0.931. The number of halogens is 1. The Labute approximate surface area is 68.7 Å². The lowest BCUT2D eigenvalue weighted by molar-refractivity contribution is -0.136. The van der Waals surface area contributed by atoms with Crippen molar-refractivity contribution < 1.29 is 14.3 Å². The molecule has 0 aliphatic heterocycles. The molecule has 12 heavy (non-hydrogen) atoms.